The summed E-state index contributed by atoms with van der Waals surface area (Å²) in [7, 11) is 0. The Balaban J connectivity index is 2.23. The van der Waals surface area contributed by atoms with Crippen molar-refractivity contribution < 1.29 is 0 Å². The maximum Gasteiger partial charge on any atom is 0.0443 e. The predicted octanol–water partition coefficient (Wildman–Crippen LogP) is 2.70. The van der Waals surface area contributed by atoms with Crippen LogP contribution >= 0.6 is 0 Å². The number of rotatable bonds is 2. The monoisotopic (exact) mass is 175 g/mol. The van der Waals surface area contributed by atoms with Gasteiger partial charge in [0.25, 0.3) is 0 Å². The lowest BCUT2D eigenvalue weighted by Crippen LogP contribution is -2.19. The van der Waals surface area contributed by atoms with Gasteiger partial charge in [-0.1, -0.05) is 12.2 Å². The predicted molar refractivity (Wildman–Crippen MR) is 56.4 cm³/mol. The average Bonchev–Trinajstić information content (AvgIpc) is 2.83. The Kier molecular flexibility index (Phi) is 2.36. The fraction of sp³-hybridized carbons (Fsp3) is 0.500. The number of hydrogen-bond acceptors (Lipinski definition) is 1. The van der Waals surface area contributed by atoms with Crippen LogP contribution in [0.4, 0.5) is 0 Å². The normalized spacial score (nSPS) is 33.5. The molecule has 1 nitrogen and oxygen atoms in total. The van der Waals surface area contributed by atoms with E-state index in [4.69, 9.17) is 5.73 Å². The van der Waals surface area contributed by atoms with Crippen molar-refractivity contribution in [2.24, 2.45) is 5.73 Å². The molecular formula is C12H17N. The van der Waals surface area contributed by atoms with Gasteiger partial charge in [-0.15, -0.1) is 6.58 Å². The molecule has 0 saturated heterocycles. The van der Waals surface area contributed by atoms with Gasteiger partial charge in [-0.25, -0.2) is 0 Å². The maximum atomic E-state index is 5.98. The van der Waals surface area contributed by atoms with E-state index in [-0.39, 0.29) is 6.04 Å². The fourth-order valence-electron chi connectivity index (χ4n) is 2.06. The first kappa shape index (κ1) is 8.76. The van der Waals surface area contributed by atoms with Crippen molar-refractivity contribution in [1.29, 1.82) is 0 Å². The van der Waals surface area contributed by atoms with Gasteiger partial charge in [0, 0.05) is 6.04 Å². The zero-order valence-corrected chi connectivity index (χ0v) is 8.05. The third-order valence-corrected chi connectivity index (χ3v) is 2.96. The molecule has 0 spiro atoms. The summed E-state index contributed by atoms with van der Waals surface area (Å²) in [6.45, 7) is 3.76. The SMILES string of the molecule is C=CC(N)/C1=C2\C\C2=C\CCCC1. The molecule has 70 valence electrons. The minimum absolute atomic E-state index is 0.0963. The van der Waals surface area contributed by atoms with E-state index in [0.717, 1.165) is 0 Å². The van der Waals surface area contributed by atoms with Crippen molar-refractivity contribution in [2.75, 3.05) is 0 Å². The van der Waals surface area contributed by atoms with Crippen LogP contribution in [0, 0.1) is 0 Å². The summed E-state index contributed by atoms with van der Waals surface area (Å²) in [6, 6.07) is 0.0963. The van der Waals surface area contributed by atoms with Crippen molar-refractivity contribution in [1.82, 2.24) is 0 Å². The van der Waals surface area contributed by atoms with Gasteiger partial charge in [0.1, 0.15) is 0 Å². The molecule has 0 amide bonds. The molecule has 0 aromatic rings. The molecule has 13 heavy (non-hydrogen) atoms. The highest BCUT2D eigenvalue weighted by atomic mass is 14.6. The first-order chi connectivity index (χ1) is 6.33. The molecule has 2 N–H and O–H groups in total. The molecule has 0 aromatic heterocycles. The molecule has 1 atom stereocenters. The molecular weight excluding hydrogens is 158 g/mol. The van der Waals surface area contributed by atoms with E-state index in [2.05, 4.69) is 12.7 Å². The van der Waals surface area contributed by atoms with Crippen LogP contribution in [0.1, 0.15) is 32.1 Å². The van der Waals surface area contributed by atoms with Gasteiger partial charge in [-0.3, -0.25) is 0 Å². The Morgan fingerprint density at radius 3 is 3.08 bits per heavy atom. The number of hydrogen-bond donors (Lipinski definition) is 1. The minimum atomic E-state index is 0.0963. The van der Waals surface area contributed by atoms with Gasteiger partial charge in [0.2, 0.25) is 0 Å². The molecule has 2 rings (SSSR count). The fourth-order valence-corrected chi connectivity index (χ4v) is 2.06. The number of nitrogens with two attached hydrogens (primary N) is 1. The summed E-state index contributed by atoms with van der Waals surface area (Å²) in [4.78, 5) is 0. The highest BCUT2D eigenvalue weighted by Gasteiger charge is 2.27. The lowest BCUT2D eigenvalue weighted by Gasteiger charge is -2.12. The van der Waals surface area contributed by atoms with Crippen LogP contribution < -0.4 is 5.73 Å². The van der Waals surface area contributed by atoms with Crippen molar-refractivity contribution in [3.63, 3.8) is 0 Å². The molecule has 1 heteroatoms. The van der Waals surface area contributed by atoms with Gasteiger partial charge in [-0.05, 0) is 48.8 Å². The standard InChI is InChI=1S/C12H17N/c1-2-12(13)10-7-5-3-4-6-9-8-11(9)10/h2,6,12H,1,3-5,7-8,13H2/b9-6-,11-10+. The molecule has 0 aromatic carbocycles. The molecule has 0 aliphatic heterocycles. The molecule has 1 saturated carbocycles. The van der Waals surface area contributed by atoms with E-state index in [0.29, 0.717) is 0 Å². The topological polar surface area (TPSA) is 26.0 Å². The summed E-state index contributed by atoms with van der Waals surface area (Å²) in [5.41, 5.74) is 10.5. The molecule has 1 unspecified atom stereocenters. The van der Waals surface area contributed by atoms with Crippen LogP contribution in [-0.2, 0) is 0 Å². The third kappa shape index (κ3) is 1.75. The van der Waals surface area contributed by atoms with Gasteiger partial charge < -0.3 is 5.73 Å². The lowest BCUT2D eigenvalue weighted by atomic mass is 9.98. The molecule has 2 aliphatic carbocycles. The van der Waals surface area contributed by atoms with E-state index in [1.807, 2.05) is 6.08 Å². The summed E-state index contributed by atoms with van der Waals surface area (Å²) in [5.74, 6) is 0. The maximum absolute atomic E-state index is 5.98. The smallest absolute Gasteiger partial charge is 0.0443 e. The minimum Gasteiger partial charge on any atom is -0.321 e. The van der Waals surface area contributed by atoms with Crippen molar-refractivity contribution >= 4 is 0 Å². The van der Waals surface area contributed by atoms with E-state index in [1.165, 1.54) is 43.3 Å². The first-order valence-electron chi connectivity index (χ1n) is 5.12. The Labute approximate surface area is 80.0 Å². The summed E-state index contributed by atoms with van der Waals surface area (Å²) in [5, 5.41) is 0. The van der Waals surface area contributed by atoms with Crippen molar-refractivity contribution in [3.05, 3.63) is 35.5 Å². The third-order valence-electron chi connectivity index (χ3n) is 2.96. The van der Waals surface area contributed by atoms with Crippen LogP contribution in [0.2, 0.25) is 0 Å². The van der Waals surface area contributed by atoms with E-state index in [9.17, 15) is 0 Å². The van der Waals surface area contributed by atoms with Crippen molar-refractivity contribution in [2.45, 2.75) is 38.1 Å². The first-order valence-corrected chi connectivity index (χ1v) is 5.12. The second-order valence-corrected chi connectivity index (χ2v) is 3.92. The van der Waals surface area contributed by atoms with Crippen LogP contribution in [0.15, 0.2) is 35.5 Å². The quantitative estimate of drug-likeness (QED) is 0.642. The zero-order chi connectivity index (χ0) is 9.26. The van der Waals surface area contributed by atoms with Crippen LogP contribution in [0.3, 0.4) is 0 Å². The molecule has 0 bridgehead atoms. The van der Waals surface area contributed by atoms with Gasteiger partial charge in [0.05, 0.1) is 0 Å². The Morgan fingerprint density at radius 1 is 1.46 bits per heavy atom. The zero-order valence-electron chi connectivity index (χ0n) is 8.05. The van der Waals surface area contributed by atoms with E-state index >= 15 is 0 Å². The second kappa shape index (κ2) is 3.51. The lowest BCUT2D eigenvalue weighted by molar-refractivity contribution is 0.708. The molecule has 2 aliphatic rings. The summed E-state index contributed by atoms with van der Waals surface area (Å²) >= 11 is 0. The average molecular weight is 175 g/mol. The largest absolute Gasteiger partial charge is 0.321 e. The van der Waals surface area contributed by atoms with Gasteiger partial charge in [0.15, 0.2) is 0 Å². The van der Waals surface area contributed by atoms with Gasteiger partial charge >= 0.3 is 0 Å². The van der Waals surface area contributed by atoms with Crippen molar-refractivity contribution in [3.8, 4) is 0 Å². The summed E-state index contributed by atoms with van der Waals surface area (Å²) in [6.07, 6.45) is 10.5. The van der Waals surface area contributed by atoms with Crippen LogP contribution in [0.25, 0.3) is 0 Å². The van der Waals surface area contributed by atoms with Crippen LogP contribution in [0.5, 0.6) is 0 Å². The Bertz CT molecular complexity index is 283. The molecule has 0 heterocycles. The number of allylic oxidation sites excluding steroid dienone is 3. The Morgan fingerprint density at radius 2 is 2.31 bits per heavy atom. The second-order valence-electron chi connectivity index (χ2n) is 3.92. The molecule has 0 radical (unpaired) electrons. The highest BCUT2D eigenvalue weighted by molar-refractivity contribution is 5.55. The van der Waals surface area contributed by atoms with E-state index < -0.39 is 0 Å². The number of fused-ring (bicyclic) bond motifs is 1. The molecule has 1 fully saturated rings. The summed E-state index contributed by atoms with van der Waals surface area (Å²) < 4.78 is 0. The van der Waals surface area contributed by atoms with E-state index in [1.54, 1.807) is 5.57 Å². The van der Waals surface area contributed by atoms with Gasteiger partial charge in [-0.2, -0.15) is 0 Å². The highest BCUT2D eigenvalue weighted by Crippen LogP contribution is 2.43. The van der Waals surface area contributed by atoms with Crippen LogP contribution in [-0.4, -0.2) is 6.04 Å². The Hall–Kier alpha value is -0.820.